The zero-order valence-corrected chi connectivity index (χ0v) is 18.2. The first-order chi connectivity index (χ1) is 15.3. The molecule has 1 fully saturated rings. The van der Waals surface area contributed by atoms with E-state index in [2.05, 4.69) is 10.6 Å². The fourth-order valence-corrected chi connectivity index (χ4v) is 4.68. The number of amides is 2. The summed E-state index contributed by atoms with van der Waals surface area (Å²) in [5, 5.41) is 4.90. The highest BCUT2D eigenvalue weighted by Crippen LogP contribution is 2.22. The number of sulfonamides is 1. The van der Waals surface area contributed by atoms with Gasteiger partial charge in [0.1, 0.15) is 17.8 Å². The molecule has 0 saturated carbocycles. The molecule has 1 atom stereocenters. The number of carbonyl (C=O) groups is 2. The zero-order valence-electron chi connectivity index (χ0n) is 17.4. The van der Waals surface area contributed by atoms with Crippen LogP contribution in [0.15, 0.2) is 53.4 Å². The maximum Gasteiger partial charge on any atom is 0.309 e. The van der Waals surface area contributed by atoms with Gasteiger partial charge in [0.2, 0.25) is 10.0 Å². The summed E-state index contributed by atoms with van der Waals surface area (Å²) in [6.45, 7) is 0.403. The maximum absolute atomic E-state index is 13.2. The van der Waals surface area contributed by atoms with E-state index < -0.39 is 33.9 Å². The molecule has 2 N–H and O–H groups in total. The van der Waals surface area contributed by atoms with Crippen molar-refractivity contribution in [3.63, 3.8) is 0 Å². The second-order valence-corrected chi connectivity index (χ2v) is 8.88. The van der Waals surface area contributed by atoms with E-state index in [0.29, 0.717) is 18.8 Å². The van der Waals surface area contributed by atoms with Crippen molar-refractivity contribution in [2.45, 2.75) is 24.1 Å². The van der Waals surface area contributed by atoms with Gasteiger partial charge >= 0.3 is 11.8 Å². The zero-order chi connectivity index (χ0) is 23.1. The average Bonchev–Trinajstić information content (AvgIpc) is 2.81. The molecular formula is C21H24FN3O6S. The SMILES string of the molecule is COc1ccc(CNC(=O)C(=O)NC[C@@H]2OCCCN2S(=O)(=O)c2ccc(F)cc2)cc1. The first kappa shape index (κ1) is 23.6. The highest BCUT2D eigenvalue weighted by molar-refractivity contribution is 7.89. The smallest absolute Gasteiger partial charge is 0.309 e. The number of hydrogen-bond donors (Lipinski definition) is 2. The Bertz CT molecular complexity index is 1040. The van der Waals surface area contributed by atoms with Crippen LogP contribution < -0.4 is 15.4 Å². The summed E-state index contributed by atoms with van der Waals surface area (Å²) in [6.07, 6.45) is -0.523. The molecule has 172 valence electrons. The average molecular weight is 466 g/mol. The molecule has 3 rings (SSSR count). The lowest BCUT2D eigenvalue weighted by Gasteiger charge is -2.34. The lowest BCUT2D eigenvalue weighted by atomic mass is 10.2. The Morgan fingerprint density at radius 3 is 2.41 bits per heavy atom. The Kier molecular flexibility index (Phi) is 7.78. The standard InChI is InChI=1S/C21H24FN3O6S/c1-30-17-7-3-15(4-8-17)13-23-20(26)21(27)24-14-19-25(11-2-12-31-19)32(28,29)18-9-5-16(22)6-10-18/h3-10,19H,2,11-14H2,1H3,(H,23,26)(H,24,27)/t19-/m0/s1. The van der Waals surface area contributed by atoms with Gasteiger partial charge in [0, 0.05) is 13.1 Å². The molecule has 0 aliphatic carbocycles. The van der Waals surface area contributed by atoms with Crippen molar-refractivity contribution in [1.82, 2.24) is 14.9 Å². The predicted molar refractivity (Wildman–Crippen MR) is 112 cm³/mol. The predicted octanol–water partition coefficient (Wildman–Crippen LogP) is 1.00. The van der Waals surface area contributed by atoms with Crippen molar-refractivity contribution in [3.05, 3.63) is 59.9 Å². The fourth-order valence-electron chi connectivity index (χ4n) is 3.11. The Hall–Kier alpha value is -3.02. The third-order valence-corrected chi connectivity index (χ3v) is 6.73. The second kappa shape index (κ2) is 10.5. The maximum atomic E-state index is 13.2. The number of rotatable bonds is 7. The van der Waals surface area contributed by atoms with Gasteiger partial charge in [0.25, 0.3) is 0 Å². The highest BCUT2D eigenvalue weighted by atomic mass is 32.2. The van der Waals surface area contributed by atoms with Crippen LogP contribution in [0.3, 0.4) is 0 Å². The molecule has 0 radical (unpaired) electrons. The Balaban J connectivity index is 1.56. The van der Waals surface area contributed by atoms with Gasteiger partial charge in [-0.05, 0) is 48.4 Å². The van der Waals surface area contributed by atoms with Crippen LogP contribution in [0, 0.1) is 5.82 Å². The van der Waals surface area contributed by atoms with Gasteiger partial charge < -0.3 is 20.1 Å². The number of methoxy groups -OCH3 is 1. The molecule has 9 nitrogen and oxygen atoms in total. The summed E-state index contributed by atoms with van der Waals surface area (Å²) in [7, 11) is -2.42. The van der Waals surface area contributed by atoms with E-state index in [4.69, 9.17) is 9.47 Å². The largest absolute Gasteiger partial charge is 0.497 e. The van der Waals surface area contributed by atoms with Crippen LogP contribution in [0.25, 0.3) is 0 Å². The molecule has 2 aromatic rings. The van der Waals surface area contributed by atoms with Gasteiger partial charge in [0.15, 0.2) is 0 Å². The number of hydrogen-bond acceptors (Lipinski definition) is 6. The molecule has 1 heterocycles. The quantitative estimate of drug-likeness (QED) is 0.590. The normalized spacial score (nSPS) is 16.9. The Morgan fingerprint density at radius 1 is 1.09 bits per heavy atom. The molecule has 0 aromatic heterocycles. The monoisotopic (exact) mass is 465 g/mol. The molecule has 11 heteroatoms. The number of benzene rings is 2. The van der Waals surface area contributed by atoms with Gasteiger partial charge in [-0.1, -0.05) is 12.1 Å². The van der Waals surface area contributed by atoms with Crippen LogP contribution in [-0.4, -0.2) is 57.6 Å². The summed E-state index contributed by atoms with van der Waals surface area (Å²) in [4.78, 5) is 24.2. The number of nitrogens with zero attached hydrogens (tertiary/aromatic N) is 1. The molecule has 1 saturated heterocycles. The third kappa shape index (κ3) is 5.81. The third-order valence-electron chi connectivity index (χ3n) is 4.83. The molecule has 1 aliphatic rings. The van der Waals surface area contributed by atoms with E-state index in [1.165, 1.54) is 12.1 Å². The van der Waals surface area contributed by atoms with E-state index in [0.717, 1.165) is 22.0 Å². The van der Waals surface area contributed by atoms with Crippen molar-refractivity contribution < 1.29 is 31.9 Å². The number of halogens is 1. The lowest BCUT2D eigenvalue weighted by Crippen LogP contribution is -2.53. The van der Waals surface area contributed by atoms with Crippen molar-refractivity contribution in [2.75, 3.05) is 26.8 Å². The fraction of sp³-hybridized carbons (Fsp3) is 0.333. The summed E-state index contributed by atoms with van der Waals surface area (Å²) >= 11 is 0. The summed E-state index contributed by atoms with van der Waals surface area (Å²) in [6, 6.07) is 11.4. The van der Waals surface area contributed by atoms with Crippen molar-refractivity contribution >= 4 is 21.8 Å². The Morgan fingerprint density at radius 2 is 1.75 bits per heavy atom. The van der Waals surface area contributed by atoms with Gasteiger partial charge in [0.05, 0.1) is 25.2 Å². The number of ether oxygens (including phenoxy) is 2. The second-order valence-electron chi connectivity index (χ2n) is 6.99. The summed E-state index contributed by atoms with van der Waals surface area (Å²) in [5.74, 6) is -1.65. The highest BCUT2D eigenvalue weighted by Gasteiger charge is 2.35. The minimum absolute atomic E-state index is 0.0852. The van der Waals surface area contributed by atoms with E-state index >= 15 is 0 Å². The minimum Gasteiger partial charge on any atom is -0.497 e. The Labute approximate surface area is 185 Å². The van der Waals surface area contributed by atoms with E-state index in [1.807, 2.05) is 0 Å². The van der Waals surface area contributed by atoms with Crippen LogP contribution >= 0.6 is 0 Å². The van der Waals surface area contributed by atoms with Crippen molar-refractivity contribution in [2.24, 2.45) is 0 Å². The van der Waals surface area contributed by atoms with E-state index in [-0.39, 0.29) is 24.5 Å². The minimum atomic E-state index is -3.97. The summed E-state index contributed by atoms with van der Waals surface area (Å²) < 4.78 is 50.7. The molecule has 0 unspecified atom stereocenters. The van der Waals surface area contributed by atoms with Crippen LogP contribution in [0.1, 0.15) is 12.0 Å². The molecule has 2 aromatic carbocycles. The van der Waals surface area contributed by atoms with E-state index in [9.17, 15) is 22.4 Å². The van der Waals surface area contributed by atoms with Gasteiger partial charge in [-0.3, -0.25) is 9.59 Å². The van der Waals surface area contributed by atoms with Crippen LogP contribution in [-0.2, 0) is 30.9 Å². The van der Waals surface area contributed by atoms with E-state index in [1.54, 1.807) is 31.4 Å². The van der Waals surface area contributed by atoms with Crippen molar-refractivity contribution in [3.8, 4) is 5.75 Å². The lowest BCUT2D eigenvalue weighted by molar-refractivity contribution is -0.140. The molecular weight excluding hydrogens is 441 g/mol. The molecule has 0 bridgehead atoms. The van der Waals surface area contributed by atoms with Crippen LogP contribution in [0.4, 0.5) is 4.39 Å². The molecule has 1 aliphatic heterocycles. The van der Waals surface area contributed by atoms with Crippen molar-refractivity contribution in [1.29, 1.82) is 0 Å². The topological polar surface area (TPSA) is 114 Å². The molecule has 0 spiro atoms. The first-order valence-corrected chi connectivity index (χ1v) is 11.3. The van der Waals surface area contributed by atoms with Gasteiger partial charge in [-0.15, -0.1) is 0 Å². The van der Waals surface area contributed by atoms with Crippen LogP contribution in [0.2, 0.25) is 0 Å². The molecule has 2 amide bonds. The van der Waals surface area contributed by atoms with Gasteiger partial charge in [-0.2, -0.15) is 4.31 Å². The summed E-state index contributed by atoms with van der Waals surface area (Å²) in [5.41, 5.74) is 0.777. The van der Waals surface area contributed by atoms with Crippen LogP contribution in [0.5, 0.6) is 5.75 Å². The first-order valence-electron chi connectivity index (χ1n) is 9.89. The van der Waals surface area contributed by atoms with Gasteiger partial charge in [-0.25, -0.2) is 12.8 Å². The molecule has 32 heavy (non-hydrogen) atoms. The number of nitrogens with one attached hydrogen (secondary N) is 2. The number of carbonyl (C=O) groups excluding carboxylic acids is 2.